The van der Waals surface area contributed by atoms with Crippen LogP contribution in [0.5, 0.6) is 0 Å². The number of benzene rings is 1. The van der Waals surface area contributed by atoms with E-state index in [0.29, 0.717) is 6.54 Å². The van der Waals surface area contributed by atoms with Crippen molar-refractivity contribution in [3.8, 4) is 0 Å². The van der Waals surface area contributed by atoms with Crippen LogP contribution in [0.2, 0.25) is 0 Å². The first kappa shape index (κ1) is 11.9. The fourth-order valence-electron chi connectivity index (χ4n) is 1.59. The number of aliphatic hydroxyl groups excluding tert-OH is 1. The highest BCUT2D eigenvalue weighted by atomic mass is 16.6. The lowest BCUT2D eigenvalue weighted by Gasteiger charge is -2.14. The Morgan fingerprint density at radius 1 is 1.41 bits per heavy atom. The normalized spacial score (nSPS) is 23.4. The van der Waals surface area contributed by atoms with E-state index in [1.807, 2.05) is 30.3 Å². The van der Waals surface area contributed by atoms with Crippen LogP contribution in [0.1, 0.15) is 5.56 Å². The van der Waals surface area contributed by atoms with E-state index >= 15 is 0 Å². The minimum Gasteiger partial charge on any atom is -0.441 e. The van der Waals surface area contributed by atoms with Crippen molar-refractivity contribution in [2.75, 3.05) is 13.2 Å². The highest BCUT2D eigenvalue weighted by molar-refractivity contribution is 5.67. The van der Waals surface area contributed by atoms with Gasteiger partial charge >= 0.3 is 6.09 Å². The summed E-state index contributed by atoms with van der Waals surface area (Å²) in [6.45, 7) is 0.875. The number of hydrogen-bond acceptors (Lipinski definition) is 4. The van der Waals surface area contributed by atoms with E-state index in [0.717, 1.165) is 5.56 Å². The lowest BCUT2D eigenvalue weighted by Crippen LogP contribution is -2.34. The highest BCUT2D eigenvalue weighted by Gasteiger charge is 2.29. The molecule has 0 aromatic heterocycles. The lowest BCUT2D eigenvalue weighted by atomic mass is 10.2. The molecule has 5 nitrogen and oxygen atoms in total. The summed E-state index contributed by atoms with van der Waals surface area (Å²) in [4.78, 5) is 11.4. The van der Waals surface area contributed by atoms with Crippen molar-refractivity contribution in [2.45, 2.75) is 18.8 Å². The monoisotopic (exact) mass is 237 g/mol. The van der Waals surface area contributed by atoms with Gasteiger partial charge in [0, 0.05) is 6.54 Å². The predicted octanol–water partition coefficient (Wildman–Crippen LogP) is 0.673. The maximum atomic E-state index is 11.4. The third kappa shape index (κ3) is 3.44. The van der Waals surface area contributed by atoms with Gasteiger partial charge in [0.15, 0.2) is 6.10 Å². The number of amides is 1. The molecule has 2 atom stereocenters. The first-order chi connectivity index (χ1) is 8.25. The molecule has 2 rings (SSSR count). The van der Waals surface area contributed by atoms with Gasteiger partial charge in [0.05, 0.1) is 13.2 Å². The van der Waals surface area contributed by atoms with Gasteiger partial charge in [-0.05, 0) is 5.56 Å². The van der Waals surface area contributed by atoms with Gasteiger partial charge in [-0.2, -0.15) is 0 Å². The van der Waals surface area contributed by atoms with E-state index < -0.39 is 18.3 Å². The van der Waals surface area contributed by atoms with Gasteiger partial charge in [-0.15, -0.1) is 0 Å². The maximum absolute atomic E-state index is 11.4. The number of hydrogen-bond donors (Lipinski definition) is 2. The molecule has 1 amide bonds. The summed E-state index contributed by atoms with van der Waals surface area (Å²) in [5.74, 6) is 0. The Bertz CT molecular complexity index is 368. The molecule has 1 aliphatic rings. The number of nitrogens with one attached hydrogen (secondary N) is 1. The summed E-state index contributed by atoms with van der Waals surface area (Å²) >= 11 is 0. The molecule has 0 saturated carbocycles. The topological polar surface area (TPSA) is 67.8 Å². The summed E-state index contributed by atoms with van der Waals surface area (Å²) in [6, 6.07) is 9.53. The van der Waals surface area contributed by atoms with Crippen LogP contribution >= 0.6 is 0 Å². The molecule has 0 bridgehead atoms. The summed E-state index contributed by atoms with van der Waals surface area (Å²) < 4.78 is 10.00. The smallest absolute Gasteiger partial charge is 0.407 e. The number of carbonyl (C=O) groups excluding carboxylic acids is 1. The fraction of sp³-hybridized carbons (Fsp3) is 0.417. The summed E-state index contributed by atoms with van der Waals surface area (Å²) in [5.41, 5.74) is 0.993. The largest absolute Gasteiger partial charge is 0.441 e. The summed E-state index contributed by atoms with van der Waals surface area (Å²) in [5, 5.41) is 12.0. The van der Waals surface area contributed by atoms with Crippen LogP contribution in [0.25, 0.3) is 0 Å². The molecular formula is C12H15NO4. The van der Waals surface area contributed by atoms with Gasteiger partial charge in [-0.3, -0.25) is 0 Å². The van der Waals surface area contributed by atoms with Crippen LogP contribution in [-0.4, -0.2) is 36.6 Å². The van der Waals surface area contributed by atoms with E-state index in [-0.39, 0.29) is 13.2 Å². The number of aliphatic hydroxyl groups is 1. The average molecular weight is 237 g/mol. The van der Waals surface area contributed by atoms with Crippen molar-refractivity contribution in [3.63, 3.8) is 0 Å². The molecule has 17 heavy (non-hydrogen) atoms. The Kier molecular flexibility index (Phi) is 3.95. The molecule has 0 spiro atoms. The Morgan fingerprint density at radius 2 is 2.18 bits per heavy atom. The minimum absolute atomic E-state index is 0.219. The Balaban J connectivity index is 1.74. The molecule has 0 radical (unpaired) electrons. The van der Waals surface area contributed by atoms with Crippen molar-refractivity contribution < 1.29 is 19.4 Å². The first-order valence-corrected chi connectivity index (χ1v) is 5.50. The van der Waals surface area contributed by atoms with Crippen molar-refractivity contribution in [1.29, 1.82) is 0 Å². The maximum Gasteiger partial charge on any atom is 0.407 e. The third-order valence-electron chi connectivity index (χ3n) is 2.54. The zero-order valence-corrected chi connectivity index (χ0v) is 9.33. The molecule has 0 aliphatic carbocycles. The zero-order chi connectivity index (χ0) is 12.1. The number of alkyl carbamates (subject to hydrolysis) is 1. The van der Waals surface area contributed by atoms with E-state index in [9.17, 15) is 9.90 Å². The second-order valence-corrected chi connectivity index (χ2v) is 3.89. The average Bonchev–Trinajstić information content (AvgIpc) is 2.74. The van der Waals surface area contributed by atoms with E-state index in [4.69, 9.17) is 9.47 Å². The van der Waals surface area contributed by atoms with Gasteiger partial charge in [0.2, 0.25) is 0 Å². The quantitative estimate of drug-likeness (QED) is 0.811. The second kappa shape index (κ2) is 5.65. The number of carbonyl (C=O) groups is 1. The molecule has 1 aromatic rings. The third-order valence-corrected chi connectivity index (χ3v) is 2.54. The lowest BCUT2D eigenvalue weighted by molar-refractivity contribution is 0.0324. The molecule has 1 heterocycles. The number of rotatable bonds is 3. The van der Waals surface area contributed by atoms with Crippen LogP contribution in [0.15, 0.2) is 30.3 Å². The minimum atomic E-state index is -0.725. The van der Waals surface area contributed by atoms with E-state index in [1.165, 1.54) is 0 Å². The molecule has 1 fully saturated rings. The SMILES string of the molecule is O=C(NCc1ccccc1)O[C@H]1COC[C@H]1O. The summed E-state index contributed by atoms with van der Waals surface area (Å²) in [7, 11) is 0. The predicted molar refractivity (Wildman–Crippen MR) is 60.4 cm³/mol. The molecule has 92 valence electrons. The van der Waals surface area contributed by atoms with Crippen LogP contribution in [0.4, 0.5) is 4.79 Å². The molecule has 1 aliphatic heterocycles. The van der Waals surface area contributed by atoms with Crippen LogP contribution in [0.3, 0.4) is 0 Å². The van der Waals surface area contributed by atoms with Crippen LogP contribution < -0.4 is 5.32 Å². The first-order valence-electron chi connectivity index (χ1n) is 5.50. The van der Waals surface area contributed by atoms with Gasteiger partial charge < -0.3 is 19.9 Å². The number of ether oxygens (including phenoxy) is 2. The molecule has 1 aromatic carbocycles. The van der Waals surface area contributed by atoms with E-state index in [1.54, 1.807) is 0 Å². The molecule has 2 N–H and O–H groups in total. The highest BCUT2D eigenvalue weighted by Crippen LogP contribution is 2.09. The molecule has 1 saturated heterocycles. The Morgan fingerprint density at radius 3 is 2.82 bits per heavy atom. The van der Waals surface area contributed by atoms with Gasteiger partial charge in [0.1, 0.15) is 6.10 Å². The molecule has 5 heteroatoms. The Labute approximate surface area is 99.3 Å². The zero-order valence-electron chi connectivity index (χ0n) is 9.33. The van der Waals surface area contributed by atoms with Crippen molar-refractivity contribution in [2.24, 2.45) is 0 Å². The van der Waals surface area contributed by atoms with E-state index in [2.05, 4.69) is 5.32 Å². The Hall–Kier alpha value is -1.59. The molecular weight excluding hydrogens is 222 g/mol. The summed E-state index contributed by atoms with van der Waals surface area (Å²) in [6.07, 6.45) is -1.83. The fourth-order valence-corrected chi connectivity index (χ4v) is 1.59. The van der Waals surface area contributed by atoms with Gasteiger partial charge in [0.25, 0.3) is 0 Å². The van der Waals surface area contributed by atoms with Crippen molar-refractivity contribution >= 4 is 6.09 Å². The van der Waals surface area contributed by atoms with Crippen molar-refractivity contribution in [3.05, 3.63) is 35.9 Å². The van der Waals surface area contributed by atoms with Gasteiger partial charge in [-0.1, -0.05) is 30.3 Å². The van der Waals surface area contributed by atoms with Crippen molar-refractivity contribution in [1.82, 2.24) is 5.32 Å². The van der Waals surface area contributed by atoms with Crippen LogP contribution in [-0.2, 0) is 16.0 Å². The van der Waals surface area contributed by atoms with Crippen LogP contribution in [0, 0.1) is 0 Å². The standard InChI is InChI=1S/C12H15NO4/c14-10-7-16-8-11(10)17-12(15)13-6-9-4-2-1-3-5-9/h1-5,10-11,14H,6-8H2,(H,13,15)/t10-,11+/m1/s1. The van der Waals surface area contributed by atoms with Gasteiger partial charge in [-0.25, -0.2) is 4.79 Å². The molecule has 0 unspecified atom stereocenters. The second-order valence-electron chi connectivity index (χ2n) is 3.89.